The summed E-state index contributed by atoms with van der Waals surface area (Å²) in [7, 11) is 1.50. The van der Waals surface area contributed by atoms with Gasteiger partial charge in [-0.2, -0.15) is 18.3 Å². The third kappa shape index (κ3) is 6.98. The van der Waals surface area contributed by atoms with Crippen LogP contribution in [-0.2, 0) is 24.0 Å². The molecule has 3 rings (SSSR count). The minimum atomic E-state index is -4.47. The van der Waals surface area contributed by atoms with Crippen molar-refractivity contribution in [1.82, 2.24) is 5.43 Å². The second-order valence-electron chi connectivity index (χ2n) is 6.96. The standard InChI is InChI=1S/C24H20ClF3N2O3/c1-32-22-12-17(9-10-21(22)33-15-18-6-2-3-8-20(18)25)14-29-30-23(31)13-16-5-4-7-19(11-16)24(26,27)28/h2-12,14H,13,15H2,1H3,(H,30,31). The average Bonchev–Trinajstić information content (AvgIpc) is 2.78. The minimum Gasteiger partial charge on any atom is -0.493 e. The number of halogens is 4. The van der Waals surface area contributed by atoms with E-state index in [2.05, 4.69) is 10.5 Å². The van der Waals surface area contributed by atoms with Crippen LogP contribution in [0.15, 0.2) is 71.8 Å². The summed E-state index contributed by atoms with van der Waals surface area (Å²) in [4.78, 5) is 12.0. The maximum absolute atomic E-state index is 12.8. The number of amides is 1. The Bertz CT molecular complexity index is 1150. The lowest BCUT2D eigenvalue weighted by atomic mass is 10.1. The van der Waals surface area contributed by atoms with E-state index in [0.717, 1.165) is 17.7 Å². The van der Waals surface area contributed by atoms with Gasteiger partial charge in [0.15, 0.2) is 11.5 Å². The zero-order valence-electron chi connectivity index (χ0n) is 17.5. The molecule has 5 nitrogen and oxygen atoms in total. The van der Waals surface area contributed by atoms with Crippen LogP contribution in [0.5, 0.6) is 11.5 Å². The zero-order chi connectivity index (χ0) is 23.8. The molecule has 9 heteroatoms. The van der Waals surface area contributed by atoms with Crippen molar-refractivity contribution < 1.29 is 27.4 Å². The number of rotatable bonds is 8. The summed E-state index contributed by atoms with van der Waals surface area (Å²) >= 11 is 6.14. The van der Waals surface area contributed by atoms with E-state index in [4.69, 9.17) is 21.1 Å². The van der Waals surface area contributed by atoms with Crippen LogP contribution in [0, 0.1) is 0 Å². The number of nitrogens with one attached hydrogen (secondary N) is 1. The fraction of sp³-hybridized carbons (Fsp3) is 0.167. The molecule has 1 N–H and O–H groups in total. The molecule has 0 unspecified atom stereocenters. The first kappa shape index (κ1) is 24.1. The number of nitrogens with zero attached hydrogens (tertiary/aromatic N) is 1. The molecule has 0 saturated heterocycles. The van der Waals surface area contributed by atoms with Gasteiger partial charge in [0.25, 0.3) is 0 Å². The second kappa shape index (κ2) is 10.9. The van der Waals surface area contributed by atoms with E-state index in [9.17, 15) is 18.0 Å². The van der Waals surface area contributed by atoms with Crippen molar-refractivity contribution in [3.05, 3.63) is 94.0 Å². The van der Waals surface area contributed by atoms with Crippen LogP contribution in [-0.4, -0.2) is 19.2 Å². The van der Waals surface area contributed by atoms with Crippen molar-refractivity contribution >= 4 is 23.7 Å². The van der Waals surface area contributed by atoms with E-state index >= 15 is 0 Å². The van der Waals surface area contributed by atoms with Gasteiger partial charge in [-0.3, -0.25) is 4.79 Å². The number of methoxy groups -OCH3 is 1. The smallest absolute Gasteiger partial charge is 0.416 e. The van der Waals surface area contributed by atoms with E-state index in [0.29, 0.717) is 22.1 Å². The maximum Gasteiger partial charge on any atom is 0.416 e. The van der Waals surface area contributed by atoms with Crippen molar-refractivity contribution in [3.8, 4) is 11.5 Å². The SMILES string of the molecule is COc1cc(C=NNC(=O)Cc2cccc(C(F)(F)F)c2)ccc1OCc1ccccc1Cl. The van der Waals surface area contributed by atoms with Gasteiger partial charge in [-0.15, -0.1) is 0 Å². The first-order valence-corrected chi connectivity index (χ1v) is 10.2. The summed E-state index contributed by atoms with van der Waals surface area (Å²) in [6.45, 7) is 0.259. The van der Waals surface area contributed by atoms with Crippen LogP contribution in [0.25, 0.3) is 0 Å². The molecule has 0 fully saturated rings. The molecule has 172 valence electrons. The fourth-order valence-electron chi connectivity index (χ4n) is 2.92. The van der Waals surface area contributed by atoms with E-state index in [1.54, 1.807) is 24.3 Å². The summed E-state index contributed by atoms with van der Waals surface area (Å²) in [5, 5.41) is 4.46. The lowest BCUT2D eigenvalue weighted by Crippen LogP contribution is -2.20. The predicted molar refractivity (Wildman–Crippen MR) is 120 cm³/mol. The quantitative estimate of drug-likeness (QED) is 0.338. The molecule has 0 aromatic heterocycles. The molecule has 0 atom stereocenters. The van der Waals surface area contributed by atoms with Crippen LogP contribution in [0.1, 0.15) is 22.3 Å². The lowest BCUT2D eigenvalue weighted by molar-refractivity contribution is -0.137. The summed E-state index contributed by atoms with van der Waals surface area (Å²) in [5.41, 5.74) is 3.19. The van der Waals surface area contributed by atoms with Gasteiger partial charge in [0.05, 0.1) is 25.3 Å². The monoisotopic (exact) mass is 476 g/mol. The highest BCUT2D eigenvalue weighted by Crippen LogP contribution is 2.30. The third-order valence-corrected chi connectivity index (χ3v) is 4.92. The molecule has 1 amide bonds. The molecule has 33 heavy (non-hydrogen) atoms. The van der Waals surface area contributed by atoms with Gasteiger partial charge in [0, 0.05) is 10.6 Å². The Labute approximate surface area is 193 Å². The Balaban J connectivity index is 1.58. The molecule has 0 aliphatic carbocycles. The van der Waals surface area contributed by atoms with Gasteiger partial charge in [-0.25, -0.2) is 5.43 Å². The Kier molecular flexibility index (Phi) is 7.95. The van der Waals surface area contributed by atoms with Gasteiger partial charge >= 0.3 is 6.18 Å². The molecule has 0 aliphatic rings. The topological polar surface area (TPSA) is 59.9 Å². The molecular formula is C24H20ClF3N2O3. The van der Waals surface area contributed by atoms with Gasteiger partial charge in [-0.1, -0.05) is 48.0 Å². The number of hydrogen-bond donors (Lipinski definition) is 1. The molecule has 0 aliphatic heterocycles. The van der Waals surface area contributed by atoms with Gasteiger partial charge in [0.1, 0.15) is 6.61 Å². The highest BCUT2D eigenvalue weighted by Gasteiger charge is 2.30. The van der Waals surface area contributed by atoms with Crippen molar-refractivity contribution in [2.45, 2.75) is 19.2 Å². The third-order valence-electron chi connectivity index (χ3n) is 4.55. The Hall–Kier alpha value is -3.52. The fourth-order valence-corrected chi connectivity index (χ4v) is 3.11. The predicted octanol–water partition coefficient (Wildman–Crippen LogP) is 5.64. The highest BCUT2D eigenvalue weighted by atomic mass is 35.5. The number of hydrazone groups is 1. The second-order valence-corrected chi connectivity index (χ2v) is 7.37. The largest absolute Gasteiger partial charge is 0.493 e. The highest BCUT2D eigenvalue weighted by molar-refractivity contribution is 6.31. The first-order valence-electron chi connectivity index (χ1n) is 9.78. The summed E-state index contributed by atoms with van der Waals surface area (Å²) < 4.78 is 49.5. The van der Waals surface area contributed by atoms with Crippen LogP contribution < -0.4 is 14.9 Å². The molecule has 0 spiro atoms. The lowest BCUT2D eigenvalue weighted by Gasteiger charge is -2.12. The number of alkyl halides is 3. The van der Waals surface area contributed by atoms with Crippen molar-refractivity contribution in [1.29, 1.82) is 0 Å². The van der Waals surface area contributed by atoms with Gasteiger partial charge < -0.3 is 9.47 Å². The van der Waals surface area contributed by atoms with Crippen LogP contribution >= 0.6 is 11.6 Å². The molecule has 0 heterocycles. The van der Waals surface area contributed by atoms with Crippen LogP contribution in [0.2, 0.25) is 5.02 Å². The summed E-state index contributed by atoms with van der Waals surface area (Å²) in [6.07, 6.45) is -3.31. The Morgan fingerprint density at radius 3 is 2.58 bits per heavy atom. The van der Waals surface area contributed by atoms with Crippen LogP contribution in [0.4, 0.5) is 13.2 Å². The van der Waals surface area contributed by atoms with E-state index in [-0.39, 0.29) is 18.6 Å². The number of hydrogen-bond acceptors (Lipinski definition) is 4. The van der Waals surface area contributed by atoms with E-state index < -0.39 is 17.6 Å². The van der Waals surface area contributed by atoms with Gasteiger partial charge in [0.2, 0.25) is 5.91 Å². The van der Waals surface area contributed by atoms with Crippen LogP contribution in [0.3, 0.4) is 0 Å². The number of carbonyl (C=O) groups is 1. The molecule has 3 aromatic carbocycles. The zero-order valence-corrected chi connectivity index (χ0v) is 18.3. The maximum atomic E-state index is 12.8. The molecule has 3 aromatic rings. The molecule has 0 bridgehead atoms. The Morgan fingerprint density at radius 1 is 1.06 bits per heavy atom. The van der Waals surface area contributed by atoms with E-state index in [1.165, 1.54) is 25.5 Å². The van der Waals surface area contributed by atoms with E-state index in [1.807, 2.05) is 18.2 Å². The number of ether oxygens (including phenoxy) is 2. The summed E-state index contributed by atoms with van der Waals surface area (Å²) in [5.74, 6) is 0.418. The van der Waals surface area contributed by atoms with Crippen molar-refractivity contribution in [3.63, 3.8) is 0 Å². The molecule has 0 saturated carbocycles. The normalized spacial score (nSPS) is 11.4. The van der Waals surface area contributed by atoms with Crippen molar-refractivity contribution in [2.24, 2.45) is 5.10 Å². The average molecular weight is 477 g/mol. The summed E-state index contributed by atoms with van der Waals surface area (Å²) in [6, 6.07) is 17.0. The minimum absolute atomic E-state index is 0.235. The van der Waals surface area contributed by atoms with Gasteiger partial charge in [-0.05, 0) is 41.5 Å². The number of carbonyl (C=O) groups excluding carboxylic acids is 1. The Morgan fingerprint density at radius 2 is 1.85 bits per heavy atom. The van der Waals surface area contributed by atoms with Crippen molar-refractivity contribution in [2.75, 3.05) is 7.11 Å². The number of benzene rings is 3. The first-order chi connectivity index (χ1) is 15.8. The molecular weight excluding hydrogens is 457 g/mol. The molecule has 0 radical (unpaired) electrons.